The number of ether oxygens (including phenoxy) is 1. The van der Waals surface area contributed by atoms with Crippen LogP contribution in [0, 0.1) is 11.3 Å². The molecule has 122 valence electrons. The van der Waals surface area contributed by atoms with Crippen molar-refractivity contribution in [3.05, 3.63) is 24.4 Å². The average Bonchev–Trinajstić information content (AvgIpc) is 3.03. The van der Waals surface area contributed by atoms with Crippen LogP contribution < -0.4 is 11.1 Å². The van der Waals surface area contributed by atoms with E-state index < -0.39 is 5.54 Å². The normalized spacial score (nSPS) is 32.1. The van der Waals surface area contributed by atoms with Crippen molar-refractivity contribution in [2.75, 3.05) is 11.9 Å². The number of rotatable bonds is 2. The standard InChI is InChI=1S/C17H22N4O2/c1-16(2)14-11(6-4-8-23-14)17(16,18)15(22)20-12-7-3-5-10-9-19-21-13(10)12/h3,5,7,9,11,14H,4,6,8,18H2,1-2H3,(H,19,21)(H,20,22). The van der Waals surface area contributed by atoms with Gasteiger partial charge in [0.1, 0.15) is 5.54 Å². The number of para-hydroxylation sites is 1. The maximum absolute atomic E-state index is 13.0. The van der Waals surface area contributed by atoms with Crippen molar-refractivity contribution in [2.24, 2.45) is 17.1 Å². The second-order valence-corrected chi connectivity index (χ2v) is 7.22. The van der Waals surface area contributed by atoms with Crippen molar-refractivity contribution in [1.29, 1.82) is 0 Å². The Bertz CT molecular complexity index is 769. The molecule has 6 nitrogen and oxygen atoms in total. The van der Waals surface area contributed by atoms with E-state index in [1.807, 2.05) is 32.0 Å². The van der Waals surface area contributed by atoms with Crippen molar-refractivity contribution >= 4 is 22.5 Å². The molecular weight excluding hydrogens is 292 g/mol. The van der Waals surface area contributed by atoms with Gasteiger partial charge >= 0.3 is 0 Å². The number of H-pyrrole nitrogens is 1. The summed E-state index contributed by atoms with van der Waals surface area (Å²) >= 11 is 0. The number of nitrogens with one attached hydrogen (secondary N) is 2. The summed E-state index contributed by atoms with van der Waals surface area (Å²) in [5.74, 6) is -0.0661. The molecule has 0 spiro atoms. The lowest BCUT2D eigenvalue weighted by atomic mass is 9.46. The zero-order valence-electron chi connectivity index (χ0n) is 13.4. The minimum Gasteiger partial charge on any atom is -0.377 e. The topological polar surface area (TPSA) is 93.0 Å². The molecular formula is C17H22N4O2. The van der Waals surface area contributed by atoms with E-state index in [2.05, 4.69) is 15.5 Å². The molecule has 23 heavy (non-hydrogen) atoms. The highest BCUT2D eigenvalue weighted by atomic mass is 16.5. The average molecular weight is 314 g/mol. The van der Waals surface area contributed by atoms with Crippen molar-refractivity contribution in [3.63, 3.8) is 0 Å². The number of carbonyl (C=O) groups excluding carboxylic acids is 1. The molecule has 1 saturated carbocycles. The van der Waals surface area contributed by atoms with Crippen LogP contribution in [-0.2, 0) is 9.53 Å². The van der Waals surface area contributed by atoms with Gasteiger partial charge in [-0.25, -0.2) is 0 Å². The van der Waals surface area contributed by atoms with Crippen LogP contribution in [0.2, 0.25) is 0 Å². The van der Waals surface area contributed by atoms with Gasteiger partial charge in [-0.3, -0.25) is 9.89 Å². The van der Waals surface area contributed by atoms with Gasteiger partial charge in [-0.15, -0.1) is 0 Å². The molecule has 2 heterocycles. The third-order valence-electron chi connectivity index (χ3n) is 5.79. The van der Waals surface area contributed by atoms with Crippen molar-refractivity contribution in [3.8, 4) is 0 Å². The number of carbonyl (C=O) groups is 1. The number of nitrogens with two attached hydrogens (primary N) is 1. The van der Waals surface area contributed by atoms with Gasteiger partial charge in [-0.2, -0.15) is 5.10 Å². The first-order valence-electron chi connectivity index (χ1n) is 8.10. The van der Waals surface area contributed by atoms with Gasteiger partial charge in [0.05, 0.1) is 23.5 Å². The Labute approximate surface area is 134 Å². The quantitative estimate of drug-likeness (QED) is 0.791. The third kappa shape index (κ3) is 1.82. The van der Waals surface area contributed by atoms with E-state index in [-0.39, 0.29) is 23.3 Å². The number of aromatic amines is 1. The Morgan fingerprint density at radius 3 is 3.13 bits per heavy atom. The molecule has 2 aliphatic rings. The molecule has 1 amide bonds. The zero-order valence-corrected chi connectivity index (χ0v) is 13.4. The Balaban J connectivity index is 1.65. The summed E-state index contributed by atoms with van der Waals surface area (Å²) in [5.41, 5.74) is 6.86. The highest BCUT2D eigenvalue weighted by Gasteiger charge is 2.70. The van der Waals surface area contributed by atoms with Crippen LogP contribution in [0.4, 0.5) is 5.69 Å². The predicted octanol–water partition coefficient (Wildman–Crippen LogP) is 2.03. The second-order valence-electron chi connectivity index (χ2n) is 7.22. The lowest BCUT2D eigenvalue weighted by Crippen LogP contribution is -2.81. The number of fused-ring (bicyclic) bond motifs is 2. The number of benzene rings is 1. The summed E-state index contributed by atoms with van der Waals surface area (Å²) in [5, 5.41) is 10.9. The predicted molar refractivity (Wildman–Crippen MR) is 87.9 cm³/mol. The van der Waals surface area contributed by atoms with E-state index in [4.69, 9.17) is 10.5 Å². The Morgan fingerprint density at radius 1 is 1.48 bits per heavy atom. The summed E-state index contributed by atoms with van der Waals surface area (Å²) in [4.78, 5) is 13.0. The van der Waals surface area contributed by atoms with Crippen molar-refractivity contribution in [1.82, 2.24) is 10.2 Å². The molecule has 2 fully saturated rings. The fraction of sp³-hybridized carbons (Fsp3) is 0.529. The Hall–Kier alpha value is -1.92. The van der Waals surface area contributed by atoms with Gasteiger partial charge in [-0.1, -0.05) is 26.0 Å². The lowest BCUT2D eigenvalue weighted by molar-refractivity contribution is -0.222. The van der Waals surface area contributed by atoms with E-state index in [1.165, 1.54) is 0 Å². The summed E-state index contributed by atoms with van der Waals surface area (Å²) in [6.07, 6.45) is 3.70. The van der Waals surface area contributed by atoms with Crippen LogP contribution in [0.25, 0.3) is 10.9 Å². The fourth-order valence-corrected chi connectivity index (χ4v) is 4.34. The summed E-state index contributed by atoms with van der Waals surface area (Å²) < 4.78 is 5.87. The molecule has 1 aliphatic heterocycles. The first-order valence-corrected chi connectivity index (χ1v) is 8.10. The molecule has 0 radical (unpaired) electrons. The van der Waals surface area contributed by atoms with E-state index in [0.717, 1.165) is 30.4 Å². The monoisotopic (exact) mass is 314 g/mol. The number of hydrogen-bond acceptors (Lipinski definition) is 4. The molecule has 1 aliphatic carbocycles. The smallest absolute Gasteiger partial charge is 0.245 e. The minimum absolute atomic E-state index is 0.0648. The molecule has 1 aromatic carbocycles. The van der Waals surface area contributed by atoms with Crippen molar-refractivity contribution < 1.29 is 9.53 Å². The van der Waals surface area contributed by atoms with Crippen LogP contribution in [0.5, 0.6) is 0 Å². The highest BCUT2D eigenvalue weighted by Crippen LogP contribution is 2.57. The maximum atomic E-state index is 13.0. The third-order valence-corrected chi connectivity index (χ3v) is 5.79. The number of amides is 1. The van der Waals surface area contributed by atoms with Gasteiger partial charge in [0, 0.05) is 23.3 Å². The van der Waals surface area contributed by atoms with Gasteiger partial charge < -0.3 is 15.8 Å². The summed E-state index contributed by atoms with van der Waals surface area (Å²) in [6.45, 7) is 4.81. The molecule has 3 atom stereocenters. The van der Waals surface area contributed by atoms with Crippen molar-refractivity contribution in [2.45, 2.75) is 38.3 Å². The van der Waals surface area contributed by atoms with Crippen LogP contribution in [0.15, 0.2) is 24.4 Å². The number of nitrogens with zero attached hydrogens (tertiary/aromatic N) is 1. The summed E-state index contributed by atoms with van der Waals surface area (Å²) in [6, 6.07) is 5.71. The van der Waals surface area contributed by atoms with Gasteiger partial charge in [0.2, 0.25) is 5.91 Å². The Kier molecular flexibility index (Phi) is 3.05. The van der Waals surface area contributed by atoms with Gasteiger partial charge in [0.15, 0.2) is 0 Å². The molecule has 1 aromatic heterocycles. The first-order chi connectivity index (χ1) is 11.0. The number of anilines is 1. The summed E-state index contributed by atoms with van der Waals surface area (Å²) in [7, 11) is 0. The fourth-order valence-electron chi connectivity index (χ4n) is 4.34. The molecule has 1 saturated heterocycles. The number of aromatic nitrogens is 2. The second kappa shape index (κ2) is 4.79. The lowest BCUT2D eigenvalue weighted by Gasteiger charge is -2.65. The van der Waals surface area contributed by atoms with Gasteiger partial charge in [-0.05, 0) is 18.9 Å². The van der Waals surface area contributed by atoms with Crippen LogP contribution >= 0.6 is 0 Å². The van der Waals surface area contributed by atoms with E-state index in [1.54, 1.807) is 6.20 Å². The molecule has 4 N–H and O–H groups in total. The minimum atomic E-state index is -0.916. The maximum Gasteiger partial charge on any atom is 0.245 e. The largest absolute Gasteiger partial charge is 0.377 e. The van der Waals surface area contributed by atoms with Crippen LogP contribution in [0.3, 0.4) is 0 Å². The molecule has 2 aromatic rings. The Morgan fingerprint density at radius 2 is 2.30 bits per heavy atom. The number of hydrogen-bond donors (Lipinski definition) is 3. The van der Waals surface area contributed by atoms with Crippen LogP contribution in [0.1, 0.15) is 26.7 Å². The van der Waals surface area contributed by atoms with E-state index in [0.29, 0.717) is 5.69 Å². The van der Waals surface area contributed by atoms with E-state index in [9.17, 15) is 4.79 Å². The van der Waals surface area contributed by atoms with Crippen LogP contribution in [-0.4, -0.2) is 34.4 Å². The van der Waals surface area contributed by atoms with Gasteiger partial charge in [0.25, 0.3) is 0 Å². The zero-order chi connectivity index (χ0) is 16.2. The molecule has 4 rings (SSSR count). The SMILES string of the molecule is CC1(C)C2OCCCC2C1(N)C(=O)Nc1cccc2cn[nH]c12. The molecule has 3 unspecified atom stereocenters. The molecule has 6 heteroatoms. The highest BCUT2D eigenvalue weighted by molar-refractivity contribution is 6.05. The van der Waals surface area contributed by atoms with E-state index >= 15 is 0 Å². The first kappa shape index (κ1) is 14.7. The molecule has 0 bridgehead atoms.